The number of thiophene rings is 1. The van der Waals surface area contributed by atoms with Gasteiger partial charge in [0.05, 0.1) is 0 Å². The van der Waals surface area contributed by atoms with Crippen molar-refractivity contribution in [3.8, 4) is 0 Å². The highest BCUT2D eigenvalue weighted by Gasteiger charge is 2.22. The molecular formula is C18H24BrNS. The molecule has 1 N–H and O–H groups in total. The molecular weight excluding hydrogens is 342 g/mol. The molecule has 1 aromatic carbocycles. The van der Waals surface area contributed by atoms with Crippen LogP contribution in [0.25, 0.3) is 0 Å². The van der Waals surface area contributed by atoms with E-state index in [1.807, 2.05) is 11.3 Å². The number of hydrogen-bond acceptors (Lipinski definition) is 2. The van der Waals surface area contributed by atoms with Gasteiger partial charge >= 0.3 is 0 Å². The lowest BCUT2D eigenvalue weighted by atomic mass is 9.87. The van der Waals surface area contributed by atoms with E-state index in [0.29, 0.717) is 12.0 Å². The van der Waals surface area contributed by atoms with Crippen LogP contribution in [0.3, 0.4) is 0 Å². The van der Waals surface area contributed by atoms with Gasteiger partial charge in [-0.15, -0.1) is 11.3 Å². The highest BCUT2D eigenvalue weighted by atomic mass is 79.9. The smallest absolute Gasteiger partial charge is 0.0314 e. The van der Waals surface area contributed by atoms with E-state index in [4.69, 9.17) is 0 Å². The van der Waals surface area contributed by atoms with Crippen LogP contribution < -0.4 is 5.32 Å². The van der Waals surface area contributed by atoms with E-state index in [1.54, 1.807) is 0 Å². The van der Waals surface area contributed by atoms with E-state index in [0.717, 1.165) is 19.4 Å². The number of nitrogens with one attached hydrogen (secondary N) is 1. The van der Waals surface area contributed by atoms with Gasteiger partial charge in [0.25, 0.3) is 0 Å². The molecule has 0 spiro atoms. The molecule has 1 aromatic heterocycles. The number of rotatable bonds is 8. The second-order valence-corrected chi connectivity index (χ2v) is 7.24. The molecule has 1 nitrogen and oxygen atoms in total. The molecule has 3 heteroatoms. The summed E-state index contributed by atoms with van der Waals surface area (Å²) in [5.74, 6) is 0.562. The topological polar surface area (TPSA) is 12.0 Å². The Morgan fingerprint density at radius 3 is 2.48 bits per heavy atom. The van der Waals surface area contributed by atoms with Crippen molar-refractivity contribution >= 4 is 27.3 Å². The van der Waals surface area contributed by atoms with Gasteiger partial charge in [-0.05, 0) is 64.7 Å². The zero-order valence-electron chi connectivity index (χ0n) is 12.8. The second-order valence-electron chi connectivity index (χ2n) is 5.38. The van der Waals surface area contributed by atoms with Crippen LogP contribution in [0.1, 0.15) is 43.0 Å². The zero-order chi connectivity index (χ0) is 15.1. The predicted octanol–water partition coefficient (Wildman–Crippen LogP) is 5.62. The van der Waals surface area contributed by atoms with Gasteiger partial charge in [0.15, 0.2) is 0 Å². The minimum atomic E-state index is 0.493. The van der Waals surface area contributed by atoms with Crippen LogP contribution in [0.2, 0.25) is 0 Å². The van der Waals surface area contributed by atoms with Gasteiger partial charge in [-0.2, -0.15) is 0 Å². The van der Waals surface area contributed by atoms with Crippen molar-refractivity contribution in [1.82, 2.24) is 5.32 Å². The molecule has 0 saturated carbocycles. The van der Waals surface area contributed by atoms with Gasteiger partial charge in [-0.1, -0.05) is 44.2 Å². The highest BCUT2D eigenvalue weighted by molar-refractivity contribution is 9.10. The standard InChI is InChI=1S/C18H24BrNS/c1-3-11-20-17(13-18-16(19)10-12-21-18)15(4-2)14-8-6-5-7-9-14/h5-10,12,15,17,20H,3-4,11,13H2,1-2H3. The first-order valence-electron chi connectivity index (χ1n) is 7.76. The predicted molar refractivity (Wildman–Crippen MR) is 97.3 cm³/mol. The summed E-state index contributed by atoms with van der Waals surface area (Å²) < 4.78 is 1.25. The maximum Gasteiger partial charge on any atom is 0.0314 e. The Labute approximate surface area is 140 Å². The minimum absolute atomic E-state index is 0.493. The van der Waals surface area contributed by atoms with Crippen molar-refractivity contribution in [3.63, 3.8) is 0 Å². The van der Waals surface area contributed by atoms with Crippen LogP contribution in [0.4, 0.5) is 0 Å². The van der Waals surface area contributed by atoms with Gasteiger partial charge in [-0.3, -0.25) is 0 Å². The Kier molecular flexibility index (Phi) is 6.94. The van der Waals surface area contributed by atoms with Gasteiger partial charge in [-0.25, -0.2) is 0 Å². The third kappa shape index (κ3) is 4.67. The maximum atomic E-state index is 3.77. The van der Waals surface area contributed by atoms with Gasteiger partial charge < -0.3 is 5.32 Å². The van der Waals surface area contributed by atoms with E-state index in [2.05, 4.69) is 76.9 Å². The summed E-state index contributed by atoms with van der Waals surface area (Å²) in [5.41, 5.74) is 1.45. The first-order chi connectivity index (χ1) is 10.3. The highest BCUT2D eigenvalue weighted by Crippen LogP contribution is 2.30. The molecule has 0 aliphatic carbocycles. The Morgan fingerprint density at radius 2 is 1.90 bits per heavy atom. The zero-order valence-corrected chi connectivity index (χ0v) is 15.2. The van der Waals surface area contributed by atoms with Crippen LogP contribution in [-0.4, -0.2) is 12.6 Å². The third-order valence-corrected chi connectivity index (χ3v) is 5.85. The lowest BCUT2D eigenvalue weighted by molar-refractivity contribution is 0.421. The van der Waals surface area contributed by atoms with E-state index in [9.17, 15) is 0 Å². The molecule has 1 heterocycles. The van der Waals surface area contributed by atoms with E-state index in [-0.39, 0.29) is 0 Å². The fraction of sp³-hybridized carbons (Fsp3) is 0.444. The monoisotopic (exact) mass is 365 g/mol. The van der Waals surface area contributed by atoms with E-state index < -0.39 is 0 Å². The van der Waals surface area contributed by atoms with E-state index in [1.165, 1.54) is 21.3 Å². The molecule has 2 unspecified atom stereocenters. The molecule has 2 aromatic rings. The largest absolute Gasteiger partial charge is 0.313 e. The van der Waals surface area contributed by atoms with Gasteiger partial charge in [0.2, 0.25) is 0 Å². The van der Waals surface area contributed by atoms with Crippen LogP contribution in [0.5, 0.6) is 0 Å². The van der Waals surface area contributed by atoms with Crippen molar-refractivity contribution in [2.75, 3.05) is 6.54 Å². The van der Waals surface area contributed by atoms with Crippen molar-refractivity contribution in [2.45, 2.75) is 45.1 Å². The summed E-state index contributed by atoms with van der Waals surface area (Å²) in [5, 5.41) is 5.94. The average Bonchev–Trinajstić information content (AvgIpc) is 2.91. The minimum Gasteiger partial charge on any atom is -0.313 e. The SMILES string of the molecule is CCCNC(Cc1sccc1Br)C(CC)c1ccccc1. The Balaban J connectivity index is 2.19. The van der Waals surface area contributed by atoms with Crippen molar-refractivity contribution in [3.05, 3.63) is 56.7 Å². The molecule has 0 radical (unpaired) electrons. The number of benzene rings is 1. The molecule has 0 aliphatic heterocycles. The first kappa shape index (κ1) is 16.7. The fourth-order valence-electron chi connectivity index (χ4n) is 2.81. The third-order valence-electron chi connectivity index (χ3n) is 3.91. The Morgan fingerprint density at radius 1 is 1.14 bits per heavy atom. The summed E-state index contributed by atoms with van der Waals surface area (Å²) >= 11 is 5.52. The average molecular weight is 366 g/mol. The molecule has 0 aliphatic rings. The summed E-state index contributed by atoms with van der Waals surface area (Å²) in [4.78, 5) is 1.44. The Hall–Kier alpha value is -0.640. The quantitative estimate of drug-likeness (QED) is 0.640. The fourth-order valence-corrected chi connectivity index (χ4v) is 4.38. The first-order valence-corrected chi connectivity index (χ1v) is 9.43. The van der Waals surface area contributed by atoms with Crippen molar-refractivity contribution in [2.24, 2.45) is 0 Å². The summed E-state index contributed by atoms with van der Waals surface area (Å²) in [6.45, 7) is 5.60. The molecule has 0 bridgehead atoms. The van der Waals surface area contributed by atoms with Crippen LogP contribution in [-0.2, 0) is 6.42 Å². The van der Waals surface area contributed by atoms with Crippen LogP contribution in [0, 0.1) is 0 Å². The van der Waals surface area contributed by atoms with Crippen LogP contribution >= 0.6 is 27.3 Å². The lowest BCUT2D eigenvalue weighted by Crippen LogP contribution is -2.37. The molecule has 2 atom stereocenters. The summed E-state index contributed by atoms with van der Waals surface area (Å²) in [7, 11) is 0. The van der Waals surface area contributed by atoms with Gasteiger partial charge in [0.1, 0.15) is 0 Å². The number of halogens is 1. The van der Waals surface area contributed by atoms with Crippen molar-refractivity contribution in [1.29, 1.82) is 0 Å². The normalized spacial score (nSPS) is 14.0. The number of hydrogen-bond donors (Lipinski definition) is 1. The summed E-state index contributed by atoms with van der Waals surface area (Å²) in [6.07, 6.45) is 3.42. The van der Waals surface area contributed by atoms with Crippen molar-refractivity contribution < 1.29 is 0 Å². The lowest BCUT2D eigenvalue weighted by Gasteiger charge is -2.28. The second kappa shape index (κ2) is 8.72. The molecule has 0 saturated heterocycles. The summed E-state index contributed by atoms with van der Waals surface area (Å²) in [6, 6.07) is 13.6. The van der Waals surface area contributed by atoms with Crippen LogP contribution in [0.15, 0.2) is 46.3 Å². The molecule has 0 amide bonds. The molecule has 0 fully saturated rings. The van der Waals surface area contributed by atoms with Gasteiger partial charge in [0, 0.05) is 15.4 Å². The molecule has 21 heavy (non-hydrogen) atoms. The molecule has 114 valence electrons. The maximum absolute atomic E-state index is 3.77. The Bertz CT molecular complexity index is 523. The van der Waals surface area contributed by atoms with E-state index >= 15 is 0 Å². The molecule has 2 rings (SSSR count).